The van der Waals surface area contributed by atoms with Crippen molar-refractivity contribution in [3.05, 3.63) is 52.0 Å². The van der Waals surface area contributed by atoms with E-state index in [2.05, 4.69) is 15.4 Å². The van der Waals surface area contributed by atoms with Crippen LogP contribution >= 0.6 is 11.3 Å². The highest BCUT2D eigenvalue weighted by atomic mass is 32.1. The smallest absolute Gasteiger partial charge is 0.378 e. The first-order chi connectivity index (χ1) is 14.6. The number of allylic oxidation sites excluding steroid dienone is 1. The number of carbonyl (C=O) groups is 1. The molecule has 1 aliphatic heterocycles. The van der Waals surface area contributed by atoms with E-state index in [1.54, 1.807) is 37.3 Å². The number of anilines is 1. The van der Waals surface area contributed by atoms with E-state index in [1.807, 2.05) is 35.7 Å². The van der Waals surface area contributed by atoms with Crippen molar-refractivity contribution < 1.29 is 23.7 Å². The summed E-state index contributed by atoms with van der Waals surface area (Å²) in [6.07, 6.45) is 2.01. The lowest BCUT2D eigenvalue weighted by molar-refractivity contribution is 0.0586. The minimum absolute atomic E-state index is 0.0294. The molecule has 1 aliphatic rings. The molecule has 2 aromatic heterocycles. The number of rotatable bonds is 6. The van der Waals surface area contributed by atoms with Gasteiger partial charge in [0, 0.05) is 0 Å². The highest BCUT2D eigenvalue weighted by Crippen LogP contribution is 2.42. The van der Waals surface area contributed by atoms with Gasteiger partial charge in [-0.05, 0) is 35.2 Å². The Morgan fingerprint density at radius 3 is 2.43 bits per heavy atom. The number of nitrogens with one attached hydrogen (secondary N) is 1. The Morgan fingerprint density at radius 2 is 1.87 bits per heavy atom. The lowest BCUT2D eigenvalue weighted by Gasteiger charge is -2.25. The zero-order valence-corrected chi connectivity index (χ0v) is 17.6. The number of benzene rings is 1. The molecule has 0 aliphatic carbocycles. The number of aromatic nitrogens is 3. The summed E-state index contributed by atoms with van der Waals surface area (Å²) in [6, 6.07) is 7.30. The SMILES string of the molecule is COC(=O)c1nc2n(n1)C(c1cc(OC)c(OC)c(OC)c1)C=C(c1cccs1)N2. The second-order valence-corrected chi connectivity index (χ2v) is 7.23. The molecule has 156 valence electrons. The molecule has 0 spiro atoms. The van der Waals surface area contributed by atoms with E-state index >= 15 is 0 Å². The van der Waals surface area contributed by atoms with Gasteiger partial charge >= 0.3 is 5.97 Å². The minimum Gasteiger partial charge on any atom is -0.493 e. The first-order valence-corrected chi connectivity index (χ1v) is 9.85. The Hall–Kier alpha value is -3.53. The van der Waals surface area contributed by atoms with Crippen LogP contribution in [0.2, 0.25) is 0 Å². The summed E-state index contributed by atoms with van der Waals surface area (Å²) >= 11 is 1.59. The second kappa shape index (κ2) is 8.07. The van der Waals surface area contributed by atoms with Crippen molar-refractivity contribution in [3.63, 3.8) is 0 Å². The Morgan fingerprint density at radius 1 is 1.13 bits per heavy atom. The van der Waals surface area contributed by atoms with Gasteiger partial charge in [0.1, 0.15) is 6.04 Å². The van der Waals surface area contributed by atoms with Crippen LogP contribution in [0.15, 0.2) is 35.7 Å². The molecule has 3 aromatic rings. The topological polar surface area (TPSA) is 96.7 Å². The van der Waals surface area contributed by atoms with Crippen LogP contribution in [0.1, 0.15) is 27.1 Å². The van der Waals surface area contributed by atoms with Gasteiger partial charge in [-0.1, -0.05) is 6.07 Å². The van der Waals surface area contributed by atoms with Gasteiger partial charge in [0.15, 0.2) is 11.5 Å². The van der Waals surface area contributed by atoms with E-state index in [1.165, 1.54) is 7.11 Å². The third-order valence-corrected chi connectivity index (χ3v) is 5.55. The van der Waals surface area contributed by atoms with Crippen LogP contribution in [0.4, 0.5) is 5.95 Å². The molecular weight excluding hydrogens is 408 g/mol. The number of hydrogen-bond donors (Lipinski definition) is 1. The number of fused-ring (bicyclic) bond motifs is 1. The quantitative estimate of drug-likeness (QED) is 0.598. The molecule has 3 heterocycles. The number of hydrogen-bond acceptors (Lipinski definition) is 9. The zero-order valence-electron chi connectivity index (χ0n) is 16.8. The minimum atomic E-state index is -0.611. The van der Waals surface area contributed by atoms with Crippen LogP contribution in [0.5, 0.6) is 17.2 Å². The second-order valence-electron chi connectivity index (χ2n) is 6.28. The van der Waals surface area contributed by atoms with Crippen LogP contribution in [-0.2, 0) is 4.74 Å². The van der Waals surface area contributed by atoms with Crippen LogP contribution < -0.4 is 19.5 Å². The third kappa shape index (κ3) is 3.35. The Bertz CT molecular complexity index is 1080. The molecule has 9 nitrogen and oxygen atoms in total. The van der Waals surface area contributed by atoms with Crippen LogP contribution in [0.25, 0.3) is 5.70 Å². The number of thiophene rings is 1. The zero-order chi connectivity index (χ0) is 21.3. The maximum Gasteiger partial charge on any atom is 0.378 e. The fourth-order valence-corrected chi connectivity index (χ4v) is 3.96. The highest BCUT2D eigenvalue weighted by molar-refractivity contribution is 7.11. The summed E-state index contributed by atoms with van der Waals surface area (Å²) in [4.78, 5) is 17.4. The molecule has 1 unspecified atom stereocenters. The summed E-state index contributed by atoms with van der Waals surface area (Å²) in [5.74, 6) is 1.32. The van der Waals surface area contributed by atoms with Crippen molar-refractivity contribution in [1.82, 2.24) is 14.8 Å². The molecule has 0 radical (unpaired) electrons. The van der Waals surface area contributed by atoms with Gasteiger partial charge in [-0.25, -0.2) is 9.48 Å². The molecule has 0 saturated carbocycles. The summed E-state index contributed by atoms with van der Waals surface area (Å²) in [5, 5.41) is 9.60. The van der Waals surface area contributed by atoms with Crippen molar-refractivity contribution in [2.45, 2.75) is 6.04 Å². The molecule has 0 fully saturated rings. The molecule has 0 bridgehead atoms. The highest BCUT2D eigenvalue weighted by Gasteiger charge is 2.29. The Kier molecular flexibility index (Phi) is 5.32. The van der Waals surface area contributed by atoms with Gasteiger partial charge in [0.25, 0.3) is 5.82 Å². The largest absolute Gasteiger partial charge is 0.493 e. The van der Waals surface area contributed by atoms with E-state index in [4.69, 9.17) is 18.9 Å². The van der Waals surface area contributed by atoms with Crippen molar-refractivity contribution in [2.24, 2.45) is 0 Å². The van der Waals surface area contributed by atoms with Gasteiger partial charge in [-0.3, -0.25) is 0 Å². The summed E-state index contributed by atoms with van der Waals surface area (Å²) < 4.78 is 22.8. The fraction of sp³-hybridized carbons (Fsp3) is 0.250. The molecule has 30 heavy (non-hydrogen) atoms. The molecule has 4 rings (SSSR count). The lowest BCUT2D eigenvalue weighted by atomic mass is 10.0. The fourth-order valence-electron chi connectivity index (χ4n) is 3.26. The number of carbonyl (C=O) groups excluding carboxylic acids is 1. The maximum atomic E-state index is 12.0. The van der Waals surface area contributed by atoms with Crippen molar-refractivity contribution in [1.29, 1.82) is 0 Å². The van der Waals surface area contributed by atoms with Crippen LogP contribution in [-0.4, -0.2) is 49.2 Å². The first-order valence-electron chi connectivity index (χ1n) is 8.97. The summed E-state index contributed by atoms with van der Waals surface area (Å²) in [6.45, 7) is 0. The number of nitrogens with zero attached hydrogens (tertiary/aromatic N) is 3. The van der Waals surface area contributed by atoms with E-state index < -0.39 is 5.97 Å². The van der Waals surface area contributed by atoms with E-state index in [0.29, 0.717) is 23.2 Å². The van der Waals surface area contributed by atoms with Crippen molar-refractivity contribution in [2.75, 3.05) is 33.8 Å². The molecule has 1 N–H and O–H groups in total. The molecule has 10 heteroatoms. The van der Waals surface area contributed by atoms with E-state index in [9.17, 15) is 4.79 Å². The van der Waals surface area contributed by atoms with Gasteiger partial charge in [0.2, 0.25) is 11.7 Å². The standard InChI is InChI=1S/C20H20N4O5S/c1-26-14-8-11(9-15(27-2)17(14)28-3)13-10-12(16-6-5-7-30-16)21-20-22-18(19(25)29-4)23-24(13)20/h5-10,13H,1-4H3,(H,21,22,23). The maximum absolute atomic E-state index is 12.0. The molecule has 0 amide bonds. The number of ether oxygens (including phenoxy) is 4. The third-order valence-electron chi connectivity index (χ3n) is 4.65. The van der Waals surface area contributed by atoms with Gasteiger partial charge < -0.3 is 24.3 Å². The molecular formula is C20H20N4O5S. The predicted octanol–water partition coefficient (Wildman–Crippen LogP) is 3.21. The van der Waals surface area contributed by atoms with E-state index in [0.717, 1.165) is 16.1 Å². The van der Waals surface area contributed by atoms with Crippen LogP contribution in [0, 0.1) is 0 Å². The molecule has 1 atom stereocenters. The Labute approximate surface area is 176 Å². The molecule has 0 saturated heterocycles. The van der Waals surface area contributed by atoms with E-state index in [-0.39, 0.29) is 11.9 Å². The summed E-state index contributed by atoms with van der Waals surface area (Å²) in [7, 11) is 5.97. The molecule has 1 aromatic carbocycles. The average Bonchev–Trinajstić information content (AvgIpc) is 3.46. The normalized spacial score (nSPS) is 14.9. The van der Waals surface area contributed by atoms with Gasteiger partial charge in [-0.15, -0.1) is 16.4 Å². The summed E-state index contributed by atoms with van der Waals surface area (Å²) in [5.41, 5.74) is 1.68. The van der Waals surface area contributed by atoms with Crippen LogP contribution in [0.3, 0.4) is 0 Å². The number of methoxy groups -OCH3 is 4. The number of esters is 1. The monoisotopic (exact) mass is 428 g/mol. The predicted molar refractivity (Wildman–Crippen MR) is 112 cm³/mol. The first kappa shape index (κ1) is 19.8. The van der Waals surface area contributed by atoms with Gasteiger partial charge in [-0.2, -0.15) is 4.98 Å². The van der Waals surface area contributed by atoms with Gasteiger partial charge in [0.05, 0.1) is 39.0 Å². The average molecular weight is 428 g/mol. The lowest BCUT2D eigenvalue weighted by Crippen LogP contribution is -2.20. The van der Waals surface area contributed by atoms with Crippen molar-refractivity contribution in [3.8, 4) is 17.2 Å². The van der Waals surface area contributed by atoms with Crippen molar-refractivity contribution >= 4 is 29.0 Å². The Balaban J connectivity index is 1.88.